The molecule has 0 saturated carbocycles. The van der Waals surface area contributed by atoms with E-state index in [4.69, 9.17) is 5.73 Å². The summed E-state index contributed by atoms with van der Waals surface area (Å²) < 4.78 is 36.7. The first-order valence-electron chi connectivity index (χ1n) is 8.24. The summed E-state index contributed by atoms with van der Waals surface area (Å²) in [4.78, 5) is 24.0. The minimum absolute atomic E-state index is 0. The first-order valence-corrected chi connectivity index (χ1v) is 8.24. The van der Waals surface area contributed by atoms with Crippen molar-refractivity contribution in [2.24, 2.45) is 0 Å². The lowest BCUT2D eigenvalue weighted by molar-refractivity contribution is -0.123. The van der Waals surface area contributed by atoms with Crippen LogP contribution in [0.2, 0.25) is 0 Å². The average molecular weight is 416 g/mol. The Morgan fingerprint density at radius 3 is 2.43 bits per heavy atom. The number of amides is 2. The van der Waals surface area contributed by atoms with Crippen LogP contribution >= 0.6 is 12.4 Å². The molecule has 4 N–H and O–H groups in total. The Bertz CT molecular complexity index is 841. The molecular weight excluding hydrogens is 395 g/mol. The highest BCUT2D eigenvalue weighted by molar-refractivity contribution is 5.97. The van der Waals surface area contributed by atoms with E-state index in [2.05, 4.69) is 5.32 Å². The summed E-state index contributed by atoms with van der Waals surface area (Å²) in [5.74, 6) is -1.14. The summed E-state index contributed by atoms with van der Waals surface area (Å²) in [7, 11) is 0. The SMILES string of the molecule is Cc1ccc(C(=O)NCC(F)(F)F)cc1NC(=O)CCc1ccccc1N.Cl. The van der Waals surface area contributed by atoms with Crippen LogP contribution in [0.3, 0.4) is 0 Å². The molecule has 0 bridgehead atoms. The molecule has 0 aliphatic carbocycles. The molecule has 152 valence electrons. The van der Waals surface area contributed by atoms with Crippen LogP contribution in [0.4, 0.5) is 24.5 Å². The molecule has 0 unspecified atom stereocenters. The van der Waals surface area contributed by atoms with Crippen molar-refractivity contribution in [2.45, 2.75) is 25.9 Å². The molecule has 2 rings (SSSR count). The Hall–Kier alpha value is -2.74. The van der Waals surface area contributed by atoms with Gasteiger partial charge in [-0.1, -0.05) is 24.3 Å². The number of para-hydroxylation sites is 1. The summed E-state index contributed by atoms with van der Waals surface area (Å²) in [6, 6.07) is 11.5. The van der Waals surface area contributed by atoms with Crippen LogP contribution in [0.15, 0.2) is 42.5 Å². The Balaban J connectivity index is 0.00000392. The van der Waals surface area contributed by atoms with Gasteiger partial charge in [-0.2, -0.15) is 13.2 Å². The fourth-order valence-corrected chi connectivity index (χ4v) is 2.40. The predicted octanol–water partition coefficient (Wildman–Crippen LogP) is 3.86. The monoisotopic (exact) mass is 415 g/mol. The maximum absolute atomic E-state index is 12.2. The number of nitrogens with two attached hydrogens (primary N) is 1. The minimum Gasteiger partial charge on any atom is -0.399 e. The molecular formula is C19H21ClF3N3O2. The lowest BCUT2D eigenvalue weighted by atomic mass is 10.1. The maximum Gasteiger partial charge on any atom is 0.405 e. The smallest absolute Gasteiger partial charge is 0.399 e. The third-order valence-corrected chi connectivity index (χ3v) is 3.90. The summed E-state index contributed by atoms with van der Waals surface area (Å²) in [5, 5.41) is 4.49. The van der Waals surface area contributed by atoms with Crippen molar-refractivity contribution in [3.05, 3.63) is 59.2 Å². The number of nitrogen functional groups attached to an aromatic ring is 1. The molecule has 0 saturated heterocycles. The highest BCUT2D eigenvalue weighted by atomic mass is 35.5. The number of nitrogens with one attached hydrogen (secondary N) is 2. The van der Waals surface area contributed by atoms with E-state index in [0.717, 1.165) is 5.56 Å². The number of aryl methyl sites for hydroxylation is 2. The summed E-state index contributed by atoms with van der Waals surface area (Å²) in [6.45, 7) is 0.308. The van der Waals surface area contributed by atoms with Crippen LogP contribution < -0.4 is 16.4 Å². The first-order chi connectivity index (χ1) is 12.7. The molecule has 0 spiro atoms. The van der Waals surface area contributed by atoms with E-state index in [0.29, 0.717) is 23.4 Å². The lowest BCUT2D eigenvalue weighted by Crippen LogP contribution is -2.33. The van der Waals surface area contributed by atoms with Crippen LogP contribution in [0.5, 0.6) is 0 Å². The number of carbonyl (C=O) groups excluding carboxylic acids is 2. The van der Waals surface area contributed by atoms with Crippen LogP contribution in [-0.2, 0) is 11.2 Å². The highest BCUT2D eigenvalue weighted by Crippen LogP contribution is 2.19. The van der Waals surface area contributed by atoms with Crippen molar-refractivity contribution < 1.29 is 22.8 Å². The second kappa shape index (κ2) is 9.98. The first kappa shape index (κ1) is 23.3. The third kappa shape index (κ3) is 7.11. The zero-order valence-corrected chi connectivity index (χ0v) is 15.9. The Labute approximate surface area is 166 Å². The van der Waals surface area contributed by atoms with E-state index in [1.807, 2.05) is 12.1 Å². The van der Waals surface area contributed by atoms with Crippen LogP contribution in [-0.4, -0.2) is 24.5 Å². The van der Waals surface area contributed by atoms with E-state index >= 15 is 0 Å². The molecule has 28 heavy (non-hydrogen) atoms. The number of alkyl halides is 3. The summed E-state index contributed by atoms with van der Waals surface area (Å²) in [6.07, 6.45) is -3.86. The number of rotatable bonds is 6. The molecule has 2 amide bonds. The van der Waals surface area contributed by atoms with Gasteiger partial charge in [-0.3, -0.25) is 9.59 Å². The second-order valence-corrected chi connectivity index (χ2v) is 6.07. The normalized spacial score (nSPS) is 10.7. The highest BCUT2D eigenvalue weighted by Gasteiger charge is 2.28. The van der Waals surface area contributed by atoms with Gasteiger partial charge in [-0.15, -0.1) is 12.4 Å². The standard InChI is InChI=1S/C19H20F3N3O2.ClH/c1-12-6-7-14(18(27)24-11-19(20,21)22)10-16(12)25-17(26)9-8-13-4-2-3-5-15(13)23;/h2-7,10H,8-9,11,23H2,1H3,(H,24,27)(H,25,26);1H. The molecule has 2 aromatic carbocycles. The molecule has 0 radical (unpaired) electrons. The molecule has 2 aromatic rings. The molecule has 0 aliphatic rings. The average Bonchev–Trinajstić information content (AvgIpc) is 2.60. The van der Waals surface area contributed by atoms with Crippen molar-refractivity contribution in [1.29, 1.82) is 0 Å². The maximum atomic E-state index is 12.2. The van der Waals surface area contributed by atoms with Crippen molar-refractivity contribution >= 4 is 35.6 Å². The number of hydrogen-bond donors (Lipinski definition) is 3. The number of hydrogen-bond acceptors (Lipinski definition) is 3. The Kier molecular flexibility index (Phi) is 8.31. The van der Waals surface area contributed by atoms with E-state index in [9.17, 15) is 22.8 Å². The molecule has 0 heterocycles. The zero-order valence-electron chi connectivity index (χ0n) is 15.1. The van der Waals surface area contributed by atoms with Gasteiger partial charge < -0.3 is 16.4 Å². The second-order valence-electron chi connectivity index (χ2n) is 6.07. The molecule has 0 aliphatic heterocycles. The number of carbonyl (C=O) groups is 2. The fraction of sp³-hybridized carbons (Fsp3) is 0.263. The largest absolute Gasteiger partial charge is 0.405 e. The zero-order chi connectivity index (χ0) is 20.0. The summed E-state index contributed by atoms with van der Waals surface area (Å²) >= 11 is 0. The molecule has 0 atom stereocenters. The third-order valence-electron chi connectivity index (χ3n) is 3.90. The number of anilines is 2. The fourth-order valence-electron chi connectivity index (χ4n) is 2.40. The molecule has 0 fully saturated rings. The Morgan fingerprint density at radius 2 is 1.79 bits per heavy atom. The van der Waals surface area contributed by atoms with Crippen LogP contribution in [0.25, 0.3) is 0 Å². The van der Waals surface area contributed by atoms with Gasteiger partial charge in [0.05, 0.1) is 0 Å². The van der Waals surface area contributed by atoms with Gasteiger partial charge in [0, 0.05) is 23.4 Å². The van der Waals surface area contributed by atoms with Gasteiger partial charge >= 0.3 is 6.18 Å². The summed E-state index contributed by atoms with van der Waals surface area (Å²) in [5.41, 5.74) is 8.39. The number of benzene rings is 2. The quantitative estimate of drug-likeness (QED) is 0.626. The minimum atomic E-state index is -4.49. The van der Waals surface area contributed by atoms with E-state index in [1.165, 1.54) is 12.1 Å². The molecule has 5 nitrogen and oxygen atoms in total. The van der Waals surface area contributed by atoms with Crippen molar-refractivity contribution in [3.63, 3.8) is 0 Å². The predicted molar refractivity (Wildman–Crippen MR) is 105 cm³/mol. The van der Waals surface area contributed by atoms with Gasteiger partial charge in [0.1, 0.15) is 6.54 Å². The van der Waals surface area contributed by atoms with Gasteiger partial charge in [0.25, 0.3) is 5.91 Å². The van der Waals surface area contributed by atoms with Gasteiger partial charge in [-0.05, 0) is 42.7 Å². The van der Waals surface area contributed by atoms with Crippen molar-refractivity contribution in [2.75, 3.05) is 17.6 Å². The van der Waals surface area contributed by atoms with Crippen molar-refractivity contribution in [3.8, 4) is 0 Å². The topological polar surface area (TPSA) is 84.2 Å². The van der Waals surface area contributed by atoms with Crippen LogP contribution in [0.1, 0.15) is 27.9 Å². The van der Waals surface area contributed by atoms with E-state index in [1.54, 1.807) is 30.4 Å². The van der Waals surface area contributed by atoms with E-state index in [-0.39, 0.29) is 30.3 Å². The van der Waals surface area contributed by atoms with Crippen LogP contribution in [0, 0.1) is 6.92 Å². The lowest BCUT2D eigenvalue weighted by Gasteiger charge is -2.12. The van der Waals surface area contributed by atoms with Gasteiger partial charge in [0.15, 0.2) is 0 Å². The van der Waals surface area contributed by atoms with Gasteiger partial charge in [-0.25, -0.2) is 0 Å². The van der Waals surface area contributed by atoms with E-state index < -0.39 is 18.6 Å². The number of halogens is 4. The molecule has 0 aromatic heterocycles. The van der Waals surface area contributed by atoms with Gasteiger partial charge in [0.2, 0.25) is 5.91 Å². The van der Waals surface area contributed by atoms with Crippen molar-refractivity contribution in [1.82, 2.24) is 5.32 Å². The molecule has 9 heteroatoms. The Morgan fingerprint density at radius 1 is 1.11 bits per heavy atom.